The highest BCUT2D eigenvalue weighted by Crippen LogP contribution is 2.54. The van der Waals surface area contributed by atoms with Gasteiger partial charge in [0.05, 0.1) is 5.69 Å². The van der Waals surface area contributed by atoms with Gasteiger partial charge in [0.25, 0.3) is 0 Å². The van der Waals surface area contributed by atoms with E-state index in [0.717, 1.165) is 17.1 Å². The molecule has 7 aromatic rings. The lowest BCUT2D eigenvalue weighted by molar-refractivity contribution is 0.443. The zero-order valence-electron chi connectivity index (χ0n) is 33.3. The van der Waals surface area contributed by atoms with Crippen molar-refractivity contribution in [1.82, 2.24) is 0 Å². The summed E-state index contributed by atoms with van der Waals surface area (Å²) in [5, 5.41) is 0. The van der Waals surface area contributed by atoms with Gasteiger partial charge in [-0.3, -0.25) is 0 Å². The molecule has 9 rings (SSSR count). The Morgan fingerprint density at radius 1 is 0.446 bits per heavy atom. The Morgan fingerprint density at radius 2 is 0.911 bits per heavy atom. The van der Waals surface area contributed by atoms with E-state index in [9.17, 15) is 0 Å². The zero-order chi connectivity index (χ0) is 38.3. The highest BCUT2D eigenvalue weighted by molar-refractivity contribution is 5.95. The van der Waals surface area contributed by atoms with Gasteiger partial charge >= 0.3 is 0 Å². The van der Waals surface area contributed by atoms with Crippen molar-refractivity contribution in [2.45, 2.75) is 76.5 Å². The molecule has 1 fully saturated rings. The van der Waals surface area contributed by atoms with E-state index in [0.29, 0.717) is 5.92 Å². The predicted octanol–water partition coefficient (Wildman–Crippen LogP) is 15.3. The Labute approximate surface area is 334 Å². The summed E-state index contributed by atoms with van der Waals surface area (Å²) in [5.41, 5.74) is 16.3. The SMILES string of the molecule is CC(C)(c1ccc(N(c2ccccc2)c2ccccc2)cc1)c1ccc(N(c2ccc(C3CCCCC3)cc2)c2cccc3c2-c2ccccc2C3(C)C)cc1. The third kappa shape index (κ3) is 6.41. The molecule has 0 bridgehead atoms. The molecule has 0 aromatic heterocycles. The Morgan fingerprint density at radius 3 is 1.48 bits per heavy atom. The second kappa shape index (κ2) is 14.7. The molecule has 278 valence electrons. The van der Waals surface area contributed by atoms with Crippen molar-refractivity contribution >= 4 is 34.1 Å². The van der Waals surface area contributed by atoms with Crippen LogP contribution in [0.1, 0.15) is 93.5 Å². The van der Waals surface area contributed by atoms with Crippen molar-refractivity contribution in [2.75, 3.05) is 9.80 Å². The second-order valence-corrected chi connectivity index (χ2v) is 16.9. The predicted molar refractivity (Wildman–Crippen MR) is 238 cm³/mol. The van der Waals surface area contributed by atoms with E-state index in [1.807, 2.05) is 0 Å². The molecule has 0 radical (unpaired) electrons. The van der Waals surface area contributed by atoms with Gasteiger partial charge in [0, 0.05) is 44.8 Å². The number of para-hydroxylation sites is 2. The van der Waals surface area contributed by atoms with E-state index < -0.39 is 0 Å². The maximum atomic E-state index is 2.50. The van der Waals surface area contributed by atoms with Crippen LogP contribution in [0.3, 0.4) is 0 Å². The molecule has 0 spiro atoms. The Bertz CT molecular complexity index is 2380. The van der Waals surface area contributed by atoms with Crippen molar-refractivity contribution in [3.8, 4) is 11.1 Å². The number of rotatable bonds is 9. The van der Waals surface area contributed by atoms with Gasteiger partial charge in [0.2, 0.25) is 0 Å². The molecule has 1 saturated carbocycles. The maximum absolute atomic E-state index is 2.50. The van der Waals surface area contributed by atoms with Gasteiger partial charge in [-0.1, -0.05) is 156 Å². The Hall–Kier alpha value is -5.86. The van der Waals surface area contributed by atoms with Crippen LogP contribution in [-0.2, 0) is 10.8 Å². The molecule has 0 saturated heterocycles. The van der Waals surface area contributed by atoms with E-state index in [-0.39, 0.29) is 10.8 Å². The highest BCUT2D eigenvalue weighted by atomic mass is 15.1. The first-order valence-electron chi connectivity index (χ1n) is 20.6. The Balaban J connectivity index is 1.08. The summed E-state index contributed by atoms with van der Waals surface area (Å²) in [6.07, 6.45) is 6.67. The topological polar surface area (TPSA) is 6.48 Å². The van der Waals surface area contributed by atoms with Crippen LogP contribution < -0.4 is 9.80 Å². The molecule has 2 aliphatic rings. The lowest BCUT2D eigenvalue weighted by atomic mass is 9.78. The molecule has 56 heavy (non-hydrogen) atoms. The molecule has 7 aromatic carbocycles. The van der Waals surface area contributed by atoms with Crippen molar-refractivity contribution in [1.29, 1.82) is 0 Å². The minimum atomic E-state index is -0.204. The fraction of sp³-hybridized carbons (Fsp3) is 0.222. The molecule has 2 heteroatoms. The number of benzene rings is 7. The average molecular weight is 729 g/mol. The van der Waals surface area contributed by atoms with Crippen molar-refractivity contribution in [3.05, 3.63) is 204 Å². The van der Waals surface area contributed by atoms with Crippen LogP contribution >= 0.6 is 0 Å². The smallest absolute Gasteiger partial charge is 0.0543 e. The van der Waals surface area contributed by atoms with Gasteiger partial charge in [-0.2, -0.15) is 0 Å². The molecule has 2 nitrogen and oxygen atoms in total. The summed E-state index contributed by atoms with van der Waals surface area (Å²) < 4.78 is 0. The molecule has 0 heterocycles. The van der Waals surface area contributed by atoms with Crippen LogP contribution in [0.5, 0.6) is 0 Å². The Kier molecular flexibility index (Phi) is 9.38. The minimum Gasteiger partial charge on any atom is -0.311 e. The number of hydrogen-bond donors (Lipinski definition) is 0. The summed E-state index contributed by atoms with van der Waals surface area (Å²) in [4.78, 5) is 4.82. The van der Waals surface area contributed by atoms with E-state index >= 15 is 0 Å². The van der Waals surface area contributed by atoms with Crippen LogP contribution in [0.2, 0.25) is 0 Å². The van der Waals surface area contributed by atoms with Crippen molar-refractivity contribution < 1.29 is 0 Å². The average Bonchev–Trinajstić information content (AvgIpc) is 3.49. The standard InChI is InChI=1S/C54H52N2/c1-53(2,41-29-35-45(36-30-41)55(43-19-10-6-11-20-43)44-21-12-7-13-22-44)42-31-37-47(38-32-42)56(46-33-27-40(28-34-46)39-17-8-5-9-18-39)51-26-16-25-50-52(51)48-23-14-15-24-49(48)54(50,3)4/h6-7,10-16,19-39H,5,8-9,17-18H2,1-4H3. The van der Waals surface area contributed by atoms with Gasteiger partial charge in [0.1, 0.15) is 0 Å². The van der Waals surface area contributed by atoms with Crippen LogP contribution in [0.4, 0.5) is 34.1 Å². The minimum absolute atomic E-state index is 0.0684. The van der Waals surface area contributed by atoms with Crippen LogP contribution in [0.15, 0.2) is 176 Å². The highest BCUT2D eigenvalue weighted by Gasteiger charge is 2.38. The third-order valence-corrected chi connectivity index (χ3v) is 12.8. The van der Waals surface area contributed by atoms with Gasteiger partial charge in [0.15, 0.2) is 0 Å². The number of hydrogen-bond acceptors (Lipinski definition) is 2. The zero-order valence-corrected chi connectivity index (χ0v) is 33.3. The maximum Gasteiger partial charge on any atom is 0.0543 e. The lowest BCUT2D eigenvalue weighted by Crippen LogP contribution is -2.20. The molecule has 0 N–H and O–H groups in total. The summed E-state index contributed by atoms with van der Waals surface area (Å²) in [5.74, 6) is 0.676. The molecule has 2 aliphatic carbocycles. The van der Waals surface area contributed by atoms with Gasteiger partial charge in [-0.25, -0.2) is 0 Å². The number of anilines is 6. The molecule has 0 unspecified atom stereocenters. The normalized spacial score (nSPS) is 14.9. The first-order valence-corrected chi connectivity index (χ1v) is 20.6. The number of nitrogens with zero attached hydrogens (tertiary/aromatic N) is 2. The van der Waals surface area contributed by atoms with Crippen LogP contribution in [-0.4, -0.2) is 0 Å². The van der Waals surface area contributed by atoms with Crippen molar-refractivity contribution in [2.24, 2.45) is 0 Å². The van der Waals surface area contributed by atoms with Crippen molar-refractivity contribution in [3.63, 3.8) is 0 Å². The summed E-state index contributed by atoms with van der Waals surface area (Å²) in [7, 11) is 0. The number of fused-ring (bicyclic) bond motifs is 3. The summed E-state index contributed by atoms with van der Waals surface area (Å²) in [6, 6.07) is 65.1. The molecular weight excluding hydrogens is 677 g/mol. The summed E-state index contributed by atoms with van der Waals surface area (Å²) >= 11 is 0. The van der Waals surface area contributed by atoms with E-state index in [4.69, 9.17) is 0 Å². The van der Waals surface area contributed by atoms with E-state index in [1.54, 1.807) is 0 Å². The molecule has 0 amide bonds. The van der Waals surface area contributed by atoms with Gasteiger partial charge in [-0.05, 0) is 119 Å². The van der Waals surface area contributed by atoms with E-state index in [2.05, 4.69) is 213 Å². The first kappa shape index (κ1) is 35.8. The van der Waals surface area contributed by atoms with Crippen LogP contribution in [0.25, 0.3) is 11.1 Å². The van der Waals surface area contributed by atoms with Gasteiger partial charge < -0.3 is 9.80 Å². The summed E-state index contributed by atoms with van der Waals surface area (Å²) in [6.45, 7) is 9.42. The monoisotopic (exact) mass is 728 g/mol. The fourth-order valence-electron chi connectivity index (χ4n) is 9.50. The molecule has 0 atom stereocenters. The quantitative estimate of drug-likeness (QED) is 0.146. The third-order valence-electron chi connectivity index (χ3n) is 12.8. The first-order chi connectivity index (χ1) is 27.3. The largest absolute Gasteiger partial charge is 0.311 e. The lowest BCUT2D eigenvalue weighted by Gasteiger charge is -2.31. The fourth-order valence-corrected chi connectivity index (χ4v) is 9.50. The van der Waals surface area contributed by atoms with Crippen LogP contribution in [0, 0.1) is 0 Å². The second-order valence-electron chi connectivity index (χ2n) is 16.9. The van der Waals surface area contributed by atoms with Gasteiger partial charge in [-0.15, -0.1) is 0 Å². The molecular formula is C54H52N2. The van der Waals surface area contributed by atoms with E-state index in [1.165, 1.54) is 88.1 Å². The molecule has 0 aliphatic heterocycles.